The van der Waals surface area contributed by atoms with Gasteiger partial charge in [0, 0.05) is 70.5 Å². The summed E-state index contributed by atoms with van der Waals surface area (Å²) < 4.78 is 26.3. The van der Waals surface area contributed by atoms with Crippen LogP contribution in [0.1, 0.15) is 86.6 Å². The van der Waals surface area contributed by atoms with Gasteiger partial charge in [-0.3, -0.25) is 43.2 Å². The van der Waals surface area contributed by atoms with Gasteiger partial charge in [0.1, 0.15) is 47.3 Å². The number of amides is 10. The molecule has 0 aliphatic carbocycles. The minimum atomic E-state index is -2.41. The molecule has 11 atom stereocenters. The Morgan fingerprint density at radius 2 is 1.58 bits per heavy atom. The lowest BCUT2D eigenvalue weighted by Crippen LogP contribution is -2.62. The zero-order chi connectivity index (χ0) is 60.1. The molecule has 0 radical (unpaired) electrons. The van der Waals surface area contributed by atoms with Crippen LogP contribution < -0.4 is 53.0 Å². The number of ether oxygens (including phenoxy) is 2. The van der Waals surface area contributed by atoms with Crippen molar-refractivity contribution in [3.8, 4) is 5.75 Å². The first-order valence-corrected chi connectivity index (χ1v) is 30.2. The number of nitrogens with two attached hydrogens (primary N) is 1. The number of alkyl carbamates (subject to hydrolysis) is 1. The summed E-state index contributed by atoms with van der Waals surface area (Å²) in [5.74, 6) is -10.9. The topological polar surface area (TPSA) is 414 Å². The molecule has 2 aromatic rings. The molecule has 3 unspecified atom stereocenters. The lowest BCUT2D eigenvalue weighted by molar-refractivity contribution is -0.144. The van der Waals surface area contributed by atoms with Crippen molar-refractivity contribution in [1.82, 2.24) is 52.4 Å². The number of benzene rings is 1. The Balaban J connectivity index is 1.61. The number of nitrogens with one attached hydrogen (secondary N) is 9. The average Bonchev–Trinajstić information content (AvgIpc) is 4.08. The van der Waals surface area contributed by atoms with Gasteiger partial charge in [-0.1, -0.05) is 48.8 Å². The van der Waals surface area contributed by atoms with Crippen molar-refractivity contribution in [2.24, 2.45) is 17.6 Å². The van der Waals surface area contributed by atoms with Gasteiger partial charge in [0.2, 0.25) is 58.2 Å². The number of H-pyrrole nitrogens is 1. The number of aliphatic hydroxyl groups is 3. The van der Waals surface area contributed by atoms with Crippen LogP contribution in [0.4, 0.5) is 4.79 Å². The summed E-state index contributed by atoms with van der Waals surface area (Å²) in [6, 6.07) is -5.24. The van der Waals surface area contributed by atoms with Crippen LogP contribution in [0, 0.1) is 11.8 Å². The van der Waals surface area contributed by atoms with E-state index in [-0.39, 0.29) is 27.5 Å². The summed E-state index contributed by atoms with van der Waals surface area (Å²) in [5, 5.41) is 52.1. The molecule has 450 valence electrons. The van der Waals surface area contributed by atoms with E-state index in [1.165, 1.54) is 6.92 Å². The minimum Gasteiger partial charge on any atom is -0.610 e. The van der Waals surface area contributed by atoms with Crippen molar-refractivity contribution in [2.45, 2.75) is 151 Å². The second-order valence-electron chi connectivity index (χ2n) is 21.8. The van der Waals surface area contributed by atoms with Crippen molar-refractivity contribution in [2.75, 3.05) is 50.9 Å². The summed E-state index contributed by atoms with van der Waals surface area (Å²) in [7, 11) is 3.16. The molecule has 81 heavy (non-hydrogen) atoms. The molecular formula is C51H77N11O16S3. The smallest absolute Gasteiger partial charge is 0.407 e. The molecule has 5 rings (SSSR count). The largest absolute Gasteiger partial charge is 0.610 e. The summed E-state index contributed by atoms with van der Waals surface area (Å²) in [4.78, 5) is 142. The van der Waals surface area contributed by atoms with Crippen LogP contribution in [-0.4, -0.2) is 199 Å². The van der Waals surface area contributed by atoms with E-state index in [4.69, 9.17) is 15.2 Å². The number of fused-ring (bicyclic) bond motifs is 5. The Bertz CT molecular complexity index is 2640. The van der Waals surface area contributed by atoms with E-state index in [0.717, 1.165) is 4.90 Å². The molecule has 14 N–H and O–H groups in total. The van der Waals surface area contributed by atoms with Gasteiger partial charge in [-0.05, 0) is 59.1 Å². The summed E-state index contributed by atoms with van der Waals surface area (Å²) >= 11 is -2.41. The number of aromatic amines is 1. The van der Waals surface area contributed by atoms with Gasteiger partial charge in [-0.2, -0.15) is 0 Å². The van der Waals surface area contributed by atoms with Crippen molar-refractivity contribution in [3.05, 3.63) is 23.8 Å². The Kier molecular flexibility index (Phi) is 23.8. The Labute approximate surface area is 479 Å². The molecular weight excluding hydrogens is 1120 g/mol. The van der Waals surface area contributed by atoms with Gasteiger partial charge in [-0.25, -0.2) is 4.79 Å². The van der Waals surface area contributed by atoms with Gasteiger partial charge < -0.3 is 87.5 Å². The van der Waals surface area contributed by atoms with Gasteiger partial charge in [0.15, 0.2) is 6.04 Å². The van der Waals surface area contributed by atoms with Gasteiger partial charge >= 0.3 is 6.09 Å². The number of primary amides is 1. The Hall–Kier alpha value is -6.05. The summed E-state index contributed by atoms with van der Waals surface area (Å²) in [6.07, 6.45) is -4.43. The monoisotopic (exact) mass is 1200 g/mol. The summed E-state index contributed by atoms with van der Waals surface area (Å²) in [5.41, 5.74) is 5.35. The quantitative estimate of drug-likeness (QED) is 0.0483. The van der Waals surface area contributed by atoms with E-state index in [0.29, 0.717) is 36.3 Å². The number of rotatable bonds is 16. The Morgan fingerprint density at radius 3 is 2.23 bits per heavy atom. The molecule has 27 nitrogen and oxygen atoms in total. The third-order valence-electron chi connectivity index (χ3n) is 13.6. The third-order valence-corrected chi connectivity index (χ3v) is 18.4. The molecule has 10 amide bonds. The minimum absolute atomic E-state index is 0.119. The molecule has 1 fully saturated rings. The van der Waals surface area contributed by atoms with Crippen molar-refractivity contribution >= 4 is 103 Å². The maximum absolute atomic E-state index is 15.1. The molecule has 3 aliphatic rings. The number of carbonyl (C=O) groups is 10. The van der Waals surface area contributed by atoms with Crippen LogP contribution in [-0.2, 0) is 65.5 Å². The normalized spacial score (nSPS) is 25.3. The fraction of sp³-hybridized carbons (Fsp3) is 0.647. The second kappa shape index (κ2) is 29.3. The molecule has 4 heterocycles. The molecule has 3 aliphatic heterocycles. The zero-order valence-electron chi connectivity index (χ0n) is 46.6. The van der Waals surface area contributed by atoms with Crippen molar-refractivity contribution in [3.63, 3.8) is 0 Å². The highest BCUT2D eigenvalue weighted by Gasteiger charge is 2.45. The van der Waals surface area contributed by atoms with Crippen LogP contribution >= 0.6 is 21.6 Å². The molecule has 0 spiro atoms. The zero-order valence-corrected chi connectivity index (χ0v) is 49.0. The van der Waals surface area contributed by atoms with Crippen LogP contribution in [0.5, 0.6) is 5.75 Å². The highest BCUT2D eigenvalue weighted by atomic mass is 33.1. The first-order chi connectivity index (χ1) is 38.0. The maximum Gasteiger partial charge on any atom is 0.407 e. The number of aromatic nitrogens is 1. The maximum atomic E-state index is 15.1. The lowest BCUT2D eigenvalue weighted by atomic mass is 9.93. The predicted octanol–water partition coefficient (Wildman–Crippen LogP) is -2.17. The fourth-order valence-electron chi connectivity index (χ4n) is 8.95. The molecule has 0 saturated carbocycles. The lowest BCUT2D eigenvalue weighted by Gasteiger charge is -2.32. The number of hydrogen-bond acceptors (Lipinski definition) is 18. The van der Waals surface area contributed by atoms with Crippen molar-refractivity contribution in [1.29, 1.82) is 0 Å². The predicted molar refractivity (Wildman–Crippen MR) is 299 cm³/mol. The second-order valence-corrected chi connectivity index (χ2v) is 26.4. The molecule has 1 aromatic heterocycles. The first kappa shape index (κ1) is 65.8. The first-order valence-electron chi connectivity index (χ1n) is 26.6. The number of hydrogen-bond donors (Lipinski definition) is 13. The van der Waals surface area contributed by atoms with Crippen LogP contribution in [0.15, 0.2) is 23.2 Å². The SMILES string of the molecule is CC[C@H](C)[C@@H]1NC(=O)CNC(=O)C2Cc3c([nH]c4cc(OCCC(C)(C)SSCCNC(=O)OC(C)(C)C)ccc34)[S@+]([O-])CC(NC(=O)CNC1=O)C(=O)N[C@@H](CC(N)=O)C(=O)N1CC(O)C[C@H]1C(=O)N[C@@H]([C@@H](C)[C@@H](O)CO)C(=O)N2. The molecule has 30 heteroatoms. The van der Waals surface area contributed by atoms with E-state index >= 15 is 4.55 Å². The standard InChI is InChI=1S/C51H77N11O16S3/c1-9-25(2)40-45(72)55-20-38(67)56-34-24-81(76)47-30(29-11-10-28(17-31(29)59-47)77-14-12-51(7,8)80-79-15-13-53-49(75)78-50(4,5)6)18-32(42(69)54-21-39(68)60-40)57-46(73)41(26(3)36(65)23-63)61-44(71)35-16-27(64)22-62(35)48(74)33(19-37(52)66)58-43(34)70/h10-11,17,25-27,32-36,40-41,59,63-65H,9,12-16,18-24H2,1-8H3,(H2,52,66)(H,53,75)(H,54,69)(H,55,72)(H,56,67)(H,57,73)(H,58,70)(H,60,68)(H,61,71)/t25-,26-,27?,32?,33-,34?,35-,36-,40-,41-,81+/m0/s1. The summed E-state index contributed by atoms with van der Waals surface area (Å²) in [6.45, 7) is 11.8. The van der Waals surface area contributed by atoms with E-state index in [2.05, 4.69) is 47.5 Å². The van der Waals surface area contributed by atoms with E-state index in [1.54, 1.807) is 74.4 Å². The van der Waals surface area contributed by atoms with Gasteiger partial charge in [0.25, 0.3) is 0 Å². The van der Waals surface area contributed by atoms with Crippen molar-refractivity contribution < 1.29 is 77.3 Å². The third kappa shape index (κ3) is 19.0. The fourth-order valence-corrected chi connectivity index (χ4v) is 12.8. The average molecular weight is 1200 g/mol. The number of aliphatic hydroxyl groups excluding tert-OH is 3. The van der Waals surface area contributed by atoms with Gasteiger partial charge in [0.05, 0.1) is 50.4 Å². The van der Waals surface area contributed by atoms with Crippen LogP contribution in [0.25, 0.3) is 10.9 Å². The number of carbonyl (C=O) groups excluding carboxylic acids is 10. The van der Waals surface area contributed by atoms with E-state index in [1.807, 2.05) is 13.8 Å². The van der Waals surface area contributed by atoms with E-state index < -0.39 is 188 Å². The van der Waals surface area contributed by atoms with Gasteiger partial charge in [-0.15, -0.1) is 0 Å². The van der Waals surface area contributed by atoms with Crippen LogP contribution in [0.3, 0.4) is 0 Å². The highest BCUT2D eigenvalue weighted by molar-refractivity contribution is 8.77. The van der Waals surface area contributed by atoms with Crippen LogP contribution in [0.2, 0.25) is 0 Å². The molecule has 1 saturated heterocycles. The van der Waals surface area contributed by atoms with E-state index in [9.17, 15) is 63.3 Å². The molecule has 1 aromatic carbocycles. The highest BCUT2D eigenvalue weighted by Crippen LogP contribution is 2.38. The number of nitrogens with zero attached hydrogens (tertiary/aromatic N) is 1. The molecule has 2 bridgehead atoms. The Morgan fingerprint density at radius 1 is 0.901 bits per heavy atom.